The monoisotopic (exact) mass is 415 g/mol. The fourth-order valence-corrected chi connectivity index (χ4v) is 4.07. The average Bonchev–Trinajstić information content (AvgIpc) is 2.66. The van der Waals surface area contributed by atoms with Gasteiger partial charge in [0.25, 0.3) is 15.6 Å². The van der Waals surface area contributed by atoms with Gasteiger partial charge in [-0.1, -0.05) is 59.8 Å². The molecule has 0 radical (unpaired) electrons. The summed E-state index contributed by atoms with van der Waals surface area (Å²) in [5.74, 6) is -0.181. The number of nitrogens with one attached hydrogen (secondary N) is 2. The Kier molecular flexibility index (Phi) is 5.96. The molecule has 2 aromatic carbocycles. The summed E-state index contributed by atoms with van der Waals surface area (Å²) in [6, 6.07) is 16.1. The number of thioether (sulfide) groups is 1. The Morgan fingerprint density at radius 1 is 1.11 bits per heavy atom. The molecule has 0 spiro atoms. The predicted molar refractivity (Wildman–Crippen MR) is 108 cm³/mol. The zero-order valence-corrected chi connectivity index (χ0v) is 16.5. The van der Waals surface area contributed by atoms with E-state index < -0.39 is 15.6 Å². The van der Waals surface area contributed by atoms with Crippen LogP contribution in [0.25, 0.3) is 0 Å². The summed E-state index contributed by atoms with van der Waals surface area (Å²) in [7, 11) is -3.88. The molecule has 28 heavy (non-hydrogen) atoms. The minimum Gasteiger partial charge on any atom is -0.301 e. The van der Waals surface area contributed by atoms with E-state index >= 15 is 0 Å². The van der Waals surface area contributed by atoms with E-state index in [1.165, 1.54) is 12.1 Å². The molecule has 0 unspecified atom stereocenters. The second-order valence-electron chi connectivity index (χ2n) is 5.93. The molecule has 144 valence electrons. The number of H-pyrrole nitrogens is 1. The topological polar surface area (TPSA) is 109 Å². The number of aryl methyl sites for hydroxylation is 1. The van der Waals surface area contributed by atoms with Crippen molar-refractivity contribution in [2.24, 2.45) is 0 Å². The molecule has 0 saturated carbocycles. The van der Waals surface area contributed by atoms with Crippen LogP contribution in [0.1, 0.15) is 15.9 Å². The number of carbonyl (C=O) groups excluding carboxylic acids is 1. The largest absolute Gasteiger partial charge is 0.301 e. The fourth-order valence-electron chi connectivity index (χ4n) is 2.31. The van der Waals surface area contributed by atoms with Crippen LogP contribution in [0.3, 0.4) is 0 Å². The first kappa shape index (κ1) is 19.8. The van der Waals surface area contributed by atoms with Gasteiger partial charge in [-0.25, -0.2) is 13.4 Å². The Hall–Kier alpha value is -2.91. The Morgan fingerprint density at radius 3 is 2.46 bits per heavy atom. The van der Waals surface area contributed by atoms with Crippen molar-refractivity contribution in [2.75, 3.05) is 10.5 Å². The van der Waals surface area contributed by atoms with Gasteiger partial charge in [0.2, 0.25) is 0 Å². The highest BCUT2D eigenvalue weighted by Crippen LogP contribution is 2.18. The van der Waals surface area contributed by atoms with Crippen molar-refractivity contribution in [1.29, 1.82) is 0 Å². The highest BCUT2D eigenvalue weighted by molar-refractivity contribution is 7.99. The number of nitrogens with zero attached hydrogens (tertiary/aromatic N) is 1. The number of anilines is 1. The third kappa shape index (κ3) is 5.08. The Bertz CT molecular complexity index is 1140. The van der Waals surface area contributed by atoms with Crippen LogP contribution in [-0.4, -0.2) is 29.9 Å². The molecule has 2 N–H and O–H groups in total. The van der Waals surface area contributed by atoms with Crippen molar-refractivity contribution in [3.63, 3.8) is 0 Å². The van der Waals surface area contributed by atoms with Gasteiger partial charge < -0.3 is 4.98 Å². The zero-order chi connectivity index (χ0) is 20.1. The van der Waals surface area contributed by atoms with Crippen LogP contribution >= 0.6 is 11.8 Å². The standard InChI is InChI=1S/C19H17N3O4S2/c1-13-7-9-15(10-8-13)28(25,26)22-17-11-18(24)21-19(20-17)27-12-16(23)14-5-3-2-4-6-14/h2-11H,12H2,1H3,(H2,20,21,22,24). The number of hydrogen-bond acceptors (Lipinski definition) is 6. The second kappa shape index (κ2) is 8.41. The summed E-state index contributed by atoms with van der Waals surface area (Å²) in [4.78, 5) is 30.7. The van der Waals surface area contributed by atoms with Gasteiger partial charge in [-0.15, -0.1) is 0 Å². The van der Waals surface area contributed by atoms with Gasteiger partial charge in [0, 0.05) is 11.6 Å². The quantitative estimate of drug-likeness (QED) is 0.349. The Morgan fingerprint density at radius 2 is 1.79 bits per heavy atom. The molecule has 0 saturated heterocycles. The molecule has 1 heterocycles. The van der Waals surface area contributed by atoms with Gasteiger partial charge in [-0.3, -0.25) is 14.3 Å². The third-order valence-electron chi connectivity index (χ3n) is 3.73. The lowest BCUT2D eigenvalue weighted by Crippen LogP contribution is -2.17. The summed E-state index contributed by atoms with van der Waals surface area (Å²) in [6.45, 7) is 1.85. The first-order chi connectivity index (χ1) is 13.3. The van der Waals surface area contributed by atoms with Gasteiger partial charge in [-0.05, 0) is 19.1 Å². The molecule has 0 aliphatic carbocycles. The number of carbonyl (C=O) groups is 1. The zero-order valence-electron chi connectivity index (χ0n) is 14.9. The van der Waals surface area contributed by atoms with Gasteiger partial charge in [0.15, 0.2) is 10.9 Å². The van der Waals surface area contributed by atoms with Crippen molar-refractivity contribution in [3.05, 3.63) is 82.1 Å². The van der Waals surface area contributed by atoms with Crippen molar-refractivity contribution >= 4 is 33.4 Å². The molecule has 1 aromatic heterocycles. The average molecular weight is 415 g/mol. The van der Waals surface area contributed by atoms with Gasteiger partial charge >= 0.3 is 0 Å². The van der Waals surface area contributed by atoms with E-state index in [2.05, 4.69) is 14.7 Å². The molecule has 3 rings (SSSR count). The predicted octanol–water partition coefficient (Wildman–Crippen LogP) is 2.85. The second-order valence-corrected chi connectivity index (χ2v) is 8.58. The highest BCUT2D eigenvalue weighted by Gasteiger charge is 2.16. The van der Waals surface area contributed by atoms with E-state index in [4.69, 9.17) is 0 Å². The number of benzene rings is 2. The van der Waals surface area contributed by atoms with Crippen molar-refractivity contribution in [3.8, 4) is 0 Å². The Balaban J connectivity index is 1.75. The minimum atomic E-state index is -3.88. The maximum Gasteiger partial charge on any atom is 0.263 e. The van der Waals surface area contributed by atoms with Gasteiger partial charge in [0.1, 0.15) is 5.82 Å². The molecule has 0 aliphatic heterocycles. The summed E-state index contributed by atoms with van der Waals surface area (Å²) in [6.07, 6.45) is 0. The van der Waals surface area contributed by atoms with Crippen LogP contribution in [0.15, 0.2) is 75.5 Å². The molecule has 3 aromatic rings. The lowest BCUT2D eigenvalue weighted by atomic mass is 10.2. The number of Topliss-reactive ketones (excluding diaryl/α,β-unsaturated/α-hetero) is 1. The van der Waals surface area contributed by atoms with E-state index in [0.29, 0.717) is 5.56 Å². The third-order valence-corrected chi connectivity index (χ3v) is 5.97. The van der Waals surface area contributed by atoms with Crippen LogP contribution in [0.2, 0.25) is 0 Å². The van der Waals surface area contributed by atoms with Gasteiger partial charge in [0.05, 0.1) is 10.6 Å². The van der Waals surface area contributed by atoms with E-state index in [9.17, 15) is 18.0 Å². The number of hydrogen-bond donors (Lipinski definition) is 2. The molecule has 0 bridgehead atoms. The van der Waals surface area contributed by atoms with Crippen LogP contribution in [0.4, 0.5) is 5.82 Å². The first-order valence-corrected chi connectivity index (χ1v) is 10.7. The summed E-state index contributed by atoms with van der Waals surface area (Å²) >= 11 is 1.02. The number of aromatic amines is 1. The van der Waals surface area contributed by atoms with Crippen molar-refractivity contribution in [1.82, 2.24) is 9.97 Å². The van der Waals surface area contributed by atoms with Crippen molar-refractivity contribution in [2.45, 2.75) is 17.0 Å². The van der Waals surface area contributed by atoms with Crippen LogP contribution in [0, 0.1) is 6.92 Å². The van der Waals surface area contributed by atoms with E-state index in [-0.39, 0.29) is 27.4 Å². The minimum absolute atomic E-state index is 0.0567. The van der Waals surface area contributed by atoms with Crippen LogP contribution < -0.4 is 10.3 Å². The summed E-state index contributed by atoms with van der Waals surface area (Å²) in [5, 5.41) is 0.151. The molecule has 9 heteroatoms. The smallest absolute Gasteiger partial charge is 0.263 e. The Labute approximate surface area is 166 Å². The molecule has 0 aliphatic rings. The maximum absolute atomic E-state index is 12.5. The van der Waals surface area contributed by atoms with Gasteiger partial charge in [-0.2, -0.15) is 0 Å². The highest BCUT2D eigenvalue weighted by atomic mass is 32.2. The molecule has 0 atom stereocenters. The SMILES string of the molecule is Cc1ccc(S(=O)(=O)Nc2cc(=O)[nH]c(SCC(=O)c3ccccc3)n2)cc1. The number of sulfonamides is 1. The van der Waals surface area contributed by atoms with E-state index in [0.717, 1.165) is 23.4 Å². The molecular formula is C19H17N3O4S2. The summed E-state index contributed by atoms with van der Waals surface area (Å²) < 4.78 is 27.2. The first-order valence-electron chi connectivity index (χ1n) is 8.25. The molecular weight excluding hydrogens is 398 g/mol. The van der Waals surface area contributed by atoms with Crippen molar-refractivity contribution < 1.29 is 13.2 Å². The lowest BCUT2D eigenvalue weighted by molar-refractivity contribution is 0.102. The summed E-state index contributed by atoms with van der Waals surface area (Å²) in [5.41, 5.74) is 0.954. The molecule has 7 nitrogen and oxygen atoms in total. The number of rotatable bonds is 7. The van der Waals surface area contributed by atoms with E-state index in [1.54, 1.807) is 36.4 Å². The maximum atomic E-state index is 12.5. The molecule has 0 fully saturated rings. The molecule has 0 amide bonds. The lowest BCUT2D eigenvalue weighted by Gasteiger charge is -2.08. The fraction of sp³-hybridized carbons (Fsp3) is 0.105. The number of aromatic nitrogens is 2. The normalized spacial score (nSPS) is 11.2. The van der Waals surface area contributed by atoms with Crippen LogP contribution in [-0.2, 0) is 10.0 Å². The van der Waals surface area contributed by atoms with E-state index in [1.807, 2.05) is 13.0 Å². The van der Waals surface area contributed by atoms with Crippen LogP contribution in [0.5, 0.6) is 0 Å². The number of ketones is 1.